The molecule has 1 unspecified atom stereocenters. The van der Waals surface area contributed by atoms with Gasteiger partial charge in [-0.2, -0.15) is 0 Å². The lowest BCUT2D eigenvalue weighted by Gasteiger charge is -2.27. The second-order valence-corrected chi connectivity index (χ2v) is 7.94. The fourth-order valence-electron chi connectivity index (χ4n) is 3.79. The number of hydrogen-bond donors (Lipinski definition) is 1. The molecule has 3 atom stereocenters. The molecule has 0 aromatic carbocycles. The number of aryl methyl sites for hydroxylation is 2. The lowest BCUT2D eigenvalue weighted by molar-refractivity contribution is -0.169. The van der Waals surface area contributed by atoms with E-state index in [-0.39, 0.29) is 19.0 Å². The minimum atomic E-state index is -0.866. The SMILES string of the molecule is Cc1nc(-c2nnn(C)c2COC2CCCCO2)ccc1O[C@@H]1COC[C@@H](C(=O)O)C1. The Balaban J connectivity index is 1.45. The van der Waals surface area contributed by atoms with Crippen LogP contribution in [-0.2, 0) is 32.7 Å². The molecule has 168 valence electrons. The van der Waals surface area contributed by atoms with E-state index < -0.39 is 11.9 Å². The van der Waals surface area contributed by atoms with E-state index >= 15 is 0 Å². The molecule has 31 heavy (non-hydrogen) atoms. The van der Waals surface area contributed by atoms with Crippen LogP contribution in [0.25, 0.3) is 11.4 Å². The number of carboxylic acids is 1. The molecule has 2 saturated heterocycles. The molecule has 2 aromatic heterocycles. The summed E-state index contributed by atoms with van der Waals surface area (Å²) in [5.74, 6) is -0.822. The van der Waals surface area contributed by atoms with Gasteiger partial charge in [-0.05, 0) is 38.3 Å². The quantitative estimate of drug-likeness (QED) is 0.701. The van der Waals surface area contributed by atoms with Crippen molar-refractivity contribution in [1.29, 1.82) is 0 Å². The van der Waals surface area contributed by atoms with E-state index in [1.165, 1.54) is 0 Å². The summed E-state index contributed by atoms with van der Waals surface area (Å²) in [6.45, 7) is 3.48. The molecule has 0 spiro atoms. The molecule has 10 heteroatoms. The van der Waals surface area contributed by atoms with Crippen LogP contribution in [0.4, 0.5) is 0 Å². The molecule has 4 rings (SSSR count). The highest BCUT2D eigenvalue weighted by molar-refractivity contribution is 5.70. The molecule has 0 radical (unpaired) electrons. The maximum atomic E-state index is 11.2. The average Bonchev–Trinajstić information content (AvgIpc) is 3.15. The number of carboxylic acid groups (broad SMARTS) is 1. The second-order valence-electron chi connectivity index (χ2n) is 7.94. The van der Waals surface area contributed by atoms with Crippen LogP contribution in [0.15, 0.2) is 12.1 Å². The smallest absolute Gasteiger partial charge is 0.308 e. The van der Waals surface area contributed by atoms with Crippen LogP contribution in [-0.4, -0.2) is 63.3 Å². The first kappa shape index (κ1) is 21.7. The summed E-state index contributed by atoms with van der Waals surface area (Å²) in [5.41, 5.74) is 2.83. The maximum Gasteiger partial charge on any atom is 0.308 e. The normalized spacial score (nSPS) is 24.1. The molecule has 2 aliphatic heterocycles. The van der Waals surface area contributed by atoms with Crippen LogP contribution in [0, 0.1) is 12.8 Å². The van der Waals surface area contributed by atoms with Gasteiger partial charge in [0.1, 0.15) is 17.5 Å². The summed E-state index contributed by atoms with van der Waals surface area (Å²) in [4.78, 5) is 15.9. The highest BCUT2D eigenvalue weighted by Gasteiger charge is 2.29. The molecule has 2 aliphatic rings. The largest absolute Gasteiger partial charge is 0.486 e. The molecule has 0 aliphatic carbocycles. The van der Waals surface area contributed by atoms with Crippen molar-refractivity contribution in [2.45, 2.75) is 51.6 Å². The monoisotopic (exact) mass is 432 g/mol. The molecule has 4 heterocycles. The van der Waals surface area contributed by atoms with E-state index in [0.29, 0.717) is 42.5 Å². The molecule has 0 saturated carbocycles. The van der Waals surface area contributed by atoms with Crippen molar-refractivity contribution in [3.05, 3.63) is 23.5 Å². The maximum absolute atomic E-state index is 11.2. The number of aromatic nitrogens is 4. The Morgan fingerprint density at radius 1 is 1.32 bits per heavy atom. The van der Waals surface area contributed by atoms with Crippen molar-refractivity contribution in [2.24, 2.45) is 13.0 Å². The third-order valence-corrected chi connectivity index (χ3v) is 5.58. The van der Waals surface area contributed by atoms with Gasteiger partial charge in [0.2, 0.25) is 0 Å². The van der Waals surface area contributed by atoms with Crippen molar-refractivity contribution in [3.8, 4) is 17.1 Å². The molecule has 2 fully saturated rings. The summed E-state index contributed by atoms with van der Waals surface area (Å²) >= 11 is 0. The summed E-state index contributed by atoms with van der Waals surface area (Å²) < 4.78 is 24.6. The zero-order chi connectivity index (χ0) is 21.8. The van der Waals surface area contributed by atoms with E-state index in [1.54, 1.807) is 4.68 Å². The van der Waals surface area contributed by atoms with Crippen molar-refractivity contribution < 1.29 is 28.8 Å². The second kappa shape index (κ2) is 9.71. The lowest BCUT2D eigenvalue weighted by Crippen LogP contribution is -2.37. The van der Waals surface area contributed by atoms with E-state index in [1.807, 2.05) is 26.1 Å². The Labute approximate surface area is 180 Å². The number of ether oxygens (including phenoxy) is 4. The van der Waals surface area contributed by atoms with Gasteiger partial charge in [-0.3, -0.25) is 4.79 Å². The predicted molar refractivity (Wildman–Crippen MR) is 108 cm³/mol. The third kappa shape index (κ3) is 5.20. The van der Waals surface area contributed by atoms with Gasteiger partial charge in [0.25, 0.3) is 0 Å². The van der Waals surface area contributed by atoms with Crippen LogP contribution in [0.3, 0.4) is 0 Å². The van der Waals surface area contributed by atoms with Crippen LogP contribution in [0.5, 0.6) is 5.75 Å². The first-order valence-corrected chi connectivity index (χ1v) is 10.6. The molecular weight excluding hydrogens is 404 g/mol. The molecule has 0 bridgehead atoms. The van der Waals surface area contributed by atoms with Gasteiger partial charge in [0.15, 0.2) is 6.29 Å². The average molecular weight is 432 g/mol. The van der Waals surface area contributed by atoms with Gasteiger partial charge >= 0.3 is 5.97 Å². The zero-order valence-corrected chi connectivity index (χ0v) is 17.8. The first-order chi connectivity index (χ1) is 15.0. The number of aliphatic carboxylic acids is 1. The summed E-state index contributed by atoms with van der Waals surface area (Å²) in [7, 11) is 1.82. The molecule has 0 amide bonds. The zero-order valence-electron chi connectivity index (χ0n) is 17.8. The fourth-order valence-corrected chi connectivity index (χ4v) is 3.79. The van der Waals surface area contributed by atoms with Gasteiger partial charge in [0.05, 0.1) is 42.8 Å². The number of nitrogens with zero attached hydrogens (tertiary/aromatic N) is 4. The topological polar surface area (TPSA) is 118 Å². The van der Waals surface area contributed by atoms with Crippen molar-refractivity contribution in [3.63, 3.8) is 0 Å². The van der Waals surface area contributed by atoms with Gasteiger partial charge in [0, 0.05) is 20.1 Å². The first-order valence-electron chi connectivity index (χ1n) is 10.6. The minimum absolute atomic E-state index is 0.200. The van der Waals surface area contributed by atoms with Gasteiger partial charge in [-0.15, -0.1) is 5.10 Å². The third-order valence-electron chi connectivity index (χ3n) is 5.58. The lowest BCUT2D eigenvalue weighted by atomic mass is 10.0. The summed E-state index contributed by atoms with van der Waals surface area (Å²) in [6, 6.07) is 3.65. The number of pyridine rings is 1. The molecule has 1 N–H and O–H groups in total. The number of rotatable bonds is 7. The van der Waals surface area contributed by atoms with Crippen LogP contribution >= 0.6 is 0 Å². The van der Waals surface area contributed by atoms with Gasteiger partial charge < -0.3 is 24.1 Å². The Morgan fingerprint density at radius 2 is 2.19 bits per heavy atom. The Morgan fingerprint density at radius 3 is 2.94 bits per heavy atom. The van der Waals surface area contributed by atoms with Crippen LogP contribution in [0.2, 0.25) is 0 Å². The standard InChI is InChI=1S/C21H28N4O6/c1-13-18(31-15-9-14(21(26)27)10-28-11-15)7-6-16(22-13)20-17(25(2)24-23-20)12-30-19-5-3-4-8-29-19/h6-7,14-15,19H,3-5,8-12H2,1-2H3,(H,26,27)/t14-,15-,19?/m0/s1. The molecule has 2 aromatic rings. The molecular formula is C21H28N4O6. The minimum Gasteiger partial charge on any atom is -0.486 e. The van der Waals surface area contributed by atoms with Gasteiger partial charge in [-0.1, -0.05) is 5.21 Å². The van der Waals surface area contributed by atoms with Crippen molar-refractivity contribution in [2.75, 3.05) is 19.8 Å². The molecule has 10 nitrogen and oxygen atoms in total. The van der Waals surface area contributed by atoms with E-state index in [9.17, 15) is 9.90 Å². The van der Waals surface area contributed by atoms with Crippen molar-refractivity contribution in [1.82, 2.24) is 20.0 Å². The highest BCUT2D eigenvalue weighted by Crippen LogP contribution is 2.27. The Bertz CT molecular complexity index is 911. The summed E-state index contributed by atoms with van der Waals surface area (Å²) in [6.07, 6.45) is 2.94. The predicted octanol–water partition coefficient (Wildman–Crippen LogP) is 2.10. The number of hydrogen-bond acceptors (Lipinski definition) is 8. The van der Waals surface area contributed by atoms with E-state index in [0.717, 1.165) is 31.6 Å². The Hall–Kier alpha value is -2.56. The number of carbonyl (C=O) groups is 1. The van der Waals surface area contributed by atoms with Crippen LogP contribution in [0.1, 0.15) is 37.1 Å². The highest BCUT2D eigenvalue weighted by atomic mass is 16.7. The Kier molecular flexibility index (Phi) is 6.79. The van der Waals surface area contributed by atoms with Crippen LogP contribution < -0.4 is 4.74 Å². The fraction of sp³-hybridized carbons (Fsp3) is 0.619. The van der Waals surface area contributed by atoms with Gasteiger partial charge in [-0.25, -0.2) is 9.67 Å². The van der Waals surface area contributed by atoms with E-state index in [4.69, 9.17) is 18.9 Å². The van der Waals surface area contributed by atoms with Crippen molar-refractivity contribution >= 4 is 5.97 Å². The van der Waals surface area contributed by atoms with E-state index in [2.05, 4.69) is 15.3 Å². The summed E-state index contributed by atoms with van der Waals surface area (Å²) in [5, 5.41) is 17.6.